The van der Waals surface area contributed by atoms with Crippen molar-refractivity contribution >= 4 is 17.5 Å². The number of nitrogens with zero attached hydrogens (tertiary/aromatic N) is 1. The van der Waals surface area contributed by atoms with E-state index in [0.717, 1.165) is 23.5 Å². The Hall–Kier alpha value is -2.20. The summed E-state index contributed by atoms with van der Waals surface area (Å²) in [5.74, 6) is 1.47. The zero-order valence-electron chi connectivity index (χ0n) is 14.5. The minimum absolute atomic E-state index is 0.0388. The molecule has 132 valence electrons. The Morgan fingerprint density at radius 1 is 1.08 bits per heavy atom. The maximum atomic E-state index is 12.8. The molecule has 1 aliphatic heterocycles. The van der Waals surface area contributed by atoms with E-state index in [-0.39, 0.29) is 5.91 Å². The number of halogens is 1. The Bertz CT molecular complexity index is 776. The van der Waals surface area contributed by atoms with Crippen molar-refractivity contribution in [3.05, 3.63) is 58.1 Å². The van der Waals surface area contributed by atoms with Crippen LogP contribution in [0.2, 0.25) is 5.02 Å². The van der Waals surface area contributed by atoms with Gasteiger partial charge < -0.3 is 14.4 Å². The molecule has 25 heavy (non-hydrogen) atoms. The van der Waals surface area contributed by atoms with Gasteiger partial charge in [-0.1, -0.05) is 23.7 Å². The van der Waals surface area contributed by atoms with Gasteiger partial charge in [0.2, 0.25) is 0 Å². The molecule has 1 heterocycles. The van der Waals surface area contributed by atoms with E-state index in [0.29, 0.717) is 36.9 Å². The van der Waals surface area contributed by atoms with Crippen LogP contribution in [0.3, 0.4) is 0 Å². The Kier molecular flexibility index (Phi) is 5.49. The van der Waals surface area contributed by atoms with Crippen molar-refractivity contribution in [2.24, 2.45) is 0 Å². The summed E-state index contributed by atoms with van der Waals surface area (Å²) in [5.41, 5.74) is 2.84. The lowest BCUT2D eigenvalue weighted by atomic mass is 9.98. The zero-order chi connectivity index (χ0) is 17.8. The van der Waals surface area contributed by atoms with Gasteiger partial charge in [-0.25, -0.2) is 0 Å². The molecule has 0 unspecified atom stereocenters. The summed E-state index contributed by atoms with van der Waals surface area (Å²) in [6, 6.07) is 11.2. The van der Waals surface area contributed by atoms with Crippen LogP contribution in [0.15, 0.2) is 36.4 Å². The second-order valence-corrected chi connectivity index (χ2v) is 6.30. The summed E-state index contributed by atoms with van der Waals surface area (Å²) in [4.78, 5) is 14.6. The molecule has 5 heteroatoms. The number of hydrogen-bond acceptors (Lipinski definition) is 3. The predicted molar refractivity (Wildman–Crippen MR) is 98.7 cm³/mol. The lowest BCUT2D eigenvalue weighted by Gasteiger charge is -2.30. The first-order valence-electron chi connectivity index (χ1n) is 8.59. The normalized spacial score (nSPS) is 13.3. The second-order valence-electron chi connectivity index (χ2n) is 5.89. The van der Waals surface area contributed by atoms with Gasteiger partial charge in [0.15, 0.2) is 11.5 Å². The molecule has 0 N–H and O–H groups in total. The number of carbonyl (C=O) groups is 1. The molecule has 0 radical (unpaired) electrons. The van der Waals surface area contributed by atoms with Crippen LogP contribution in [0.25, 0.3) is 0 Å². The van der Waals surface area contributed by atoms with E-state index in [2.05, 4.69) is 0 Å². The fourth-order valence-corrected chi connectivity index (χ4v) is 3.30. The molecular formula is C20H22ClNO3. The number of fused-ring (bicyclic) bond motifs is 1. The SMILES string of the molecule is CCOc1cc2c(cc1OCC)CN(C(=O)c1ccccc1Cl)CC2. The molecule has 2 aromatic carbocycles. The number of hydrogen-bond donors (Lipinski definition) is 0. The van der Waals surface area contributed by atoms with E-state index in [9.17, 15) is 4.79 Å². The fraction of sp³-hybridized carbons (Fsp3) is 0.350. The monoisotopic (exact) mass is 359 g/mol. The topological polar surface area (TPSA) is 38.8 Å². The van der Waals surface area contributed by atoms with Crippen LogP contribution in [-0.2, 0) is 13.0 Å². The van der Waals surface area contributed by atoms with Gasteiger partial charge in [-0.15, -0.1) is 0 Å². The summed E-state index contributed by atoms with van der Waals surface area (Å²) >= 11 is 6.18. The van der Waals surface area contributed by atoms with Gasteiger partial charge in [0.05, 0.1) is 23.8 Å². The molecule has 3 rings (SSSR count). The minimum atomic E-state index is -0.0388. The fourth-order valence-electron chi connectivity index (χ4n) is 3.08. The number of benzene rings is 2. The van der Waals surface area contributed by atoms with Crippen LogP contribution in [0.5, 0.6) is 11.5 Å². The molecule has 2 aromatic rings. The minimum Gasteiger partial charge on any atom is -0.490 e. The van der Waals surface area contributed by atoms with Gasteiger partial charge in [-0.2, -0.15) is 0 Å². The molecule has 1 aliphatic rings. The van der Waals surface area contributed by atoms with Crippen molar-refractivity contribution in [3.8, 4) is 11.5 Å². The lowest BCUT2D eigenvalue weighted by Crippen LogP contribution is -2.36. The van der Waals surface area contributed by atoms with E-state index in [1.54, 1.807) is 12.1 Å². The van der Waals surface area contributed by atoms with Crippen LogP contribution < -0.4 is 9.47 Å². The first kappa shape index (κ1) is 17.6. The number of carbonyl (C=O) groups excluding carboxylic acids is 1. The standard InChI is InChI=1S/C20H22ClNO3/c1-3-24-18-11-14-9-10-22(13-15(14)12-19(18)25-4-2)20(23)16-7-5-6-8-17(16)21/h5-8,11-12H,3-4,9-10,13H2,1-2H3. The maximum Gasteiger partial charge on any atom is 0.255 e. The molecule has 0 fully saturated rings. The largest absolute Gasteiger partial charge is 0.490 e. The number of rotatable bonds is 5. The van der Waals surface area contributed by atoms with Crippen molar-refractivity contribution in [2.75, 3.05) is 19.8 Å². The van der Waals surface area contributed by atoms with Crippen molar-refractivity contribution in [2.45, 2.75) is 26.8 Å². The highest BCUT2D eigenvalue weighted by Crippen LogP contribution is 2.34. The first-order valence-corrected chi connectivity index (χ1v) is 8.97. The summed E-state index contributed by atoms with van der Waals surface area (Å²) in [5, 5.41) is 0.486. The van der Waals surface area contributed by atoms with Crippen molar-refractivity contribution in [1.82, 2.24) is 4.90 Å². The average Bonchev–Trinajstić information content (AvgIpc) is 2.62. The Morgan fingerprint density at radius 3 is 2.36 bits per heavy atom. The summed E-state index contributed by atoms with van der Waals surface area (Å²) in [6.07, 6.45) is 0.790. The smallest absolute Gasteiger partial charge is 0.255 e. The first-order chi connectivity index (χ1) is 12.1. The molecule has 0 aliphatic carbocycles. The van der Waals surface area contributed by atoms with Crippen molar-refractivity contribution in [3.63, 3.8) is 0 Å². The quantitative estimate of drug-likeness (QED) is 0.797. The van der Waals surface area contributed by atoms with Gasteiger partial charge in [0.25, 0.3) is 5.91 Å². The van der Waals surface area contributed by atoms with Crippen molar-refractivity contribution in [1.29, 1.82) is 0 Å². The zero-order valence-corrected chi connectivity index (χ0v) is 15.3. The van der Waals surface area contributed by atoms with Gasteiger partial charge in [0, 0.05) is 13.1 Å². The molecule has 0 bridgehead atoms. The number of ether oxygens (including phenoxy) is 2. The van der Waals surface area contributed by atoms with Gasteiger partial charge in [-0.3, -0.25) is 4.79 Å². The highest BCUT2D eigenvalue weighted by Gasteiger charge is 2.24. The molecule has 1 amide bonds. The van der Waals surface area contributed by atoms with E-state index in [4.69, 9.17) is 21.1 Å². The maximum absolute atomic E-state index is 12.8. The van der Waals surface area contributed by atoms with Crippen LogP contribution in [0.1, 0.15) is 35.3 Å². The van der Waals surface area contributed by atoms with E-state index < -0.39 is 0 Å². The molecule has 0 spiro atoms. The summed E-state index contributed by atoms with van der Waals surface area (Å²) in [6.45, 7) is 6.28. The van der Waals surface area contributed by atoms with E-state index in [1.807, 2.05) is 43.0 Å². The van der Waals surface area contributed by atoms with Gasteiger partial charge >= 0.3 is 0 Å². The molecule has 0 aromatic heterocycles. The second kappa shape index (κ2) is 7.79. The molecule has 4 nitrogen and oxygen atoms in total. The molecule has 0 atom stereocenters. The third-order valence-corrected chi connectivity index (χ3v) is 4.60. The molecular weight excluding hydrogens is 338 g/mol. The van der Waals surface area contributed by atoms with E-state index in [1.165, 1.54) is 5.56 Å². The van der Waals surface area contributed by atoms with Crippen LogP contribution >= 0.6 is 11.6 Å². The van der Waals surface area contributed by atoms with Crippen LogP contribution in [-0.4, -0.2) is 30.6 Å². The van der Waals surface area contributed by atoms with Crippen LogP contribution in [0.4, 0.5) is 0 Å². The van der Waals surface area contributed by atoms with Crippen molar-refractivity contribution < 1.29 is 14.3 Å². The third kappa shape index (κ3) is 3.74. The molecule has 0 saturated heterocycles. The Morgan fingerprint density at radius 2 is 1.72 bits per heavy atom. The molecule has 0 saturated carbocycles. The van der Waals surface area contributed by atoms with Crippen LogP contribution in [0, 0.1) is 0 Å². The lowest BCUT2D eigenvalue weighted by molar-refractivity contribution is 0.0734. The summed E-state index contributed by atoms with van der Waals surface area (Å²) < 4.78 is 11.4. The highest BCUT2D eigenvalue weighted by atomic mass is 35.5. The van der Waals surface area contributed by atoms with E-state index >= 15 is 0 Å². The number of amides is 1. The highest BCUT2D eigenvalue weighted by molar-refractivity contribution is 6.33. The Balaban J connectivity index is 1.86. The van der Waals surface area contributed by atoms with Gasteiger partial charge in [-0.05, 0) is 55.7 Å². The van der Waals surface area contributed by atoms with Gasteiger partial charge in [0.1, 0.15) is 0 Å². The average molecular weight is 360 g/mol. The predicted octanol–water partition coefficient (Wildman–Crippen LogP) is 4.34. The summed E-state index contributed by atoms with van der Waals surface area (Å²) in [7, 11) is 0. The third-order valence-electron chi connectivity index (χ3n) is 4.27. The Labute approximate surface area is 153 Å².